The molecule has 1 aromatic carbocycles. The number of pyridine rings is 1. The Balaban J connectivity index is 2.12. The van der Waals surface area contributed by atoms with Crippen molar-refractivity contribution in [2.75, 3.05) is 7.05 Å². The number of alkyl halides is 1. The zero-order valence-corrected chi connectivity index (χ0v) is 21.3. The average Bonchev–Trinajstić information content (AvgIpc) is 2.75. The summed E-state index contributed by atoms with van der Waals surface area (Å²) in [5, 5.41) is 1.15. The van der Waals surface area contributed by atoms with E-state index >= 15 is 0 Å². The zero-order chi connectivity index (χ0) is 24.2. The number of benzene rings is 1. The van der Waals surface area contributed by atoms with Crippen LogP contribution < -0.4 is 0 Å². The van der Waals surface area contributed by atoms with Gasteiger partial charge in [0, 0.05) is 41.9 Å². The van der Waals surface area contributed by atoms with Crippen LogP contribution in [0.25, 0.3) is 16.6 Å². The second-order valence-corrected chi connectivity index (χ2v) is 10.8. The number of halogens is 1. The van der Waals surface area contributed by atoms with Crippen molar-refractivity contribution in [1.29, 1.82) is 0 Å². The van der Waals surface area contributed by atoms with Gasteiger partial charge in [-0.3, -0.25) is 4.98 Å². The fourth-order valence-electron chi connectivity index (χ4n) is 5.72. The van der Waals surface area contributed by atoms with Gasteiger partial charge in [0.1, 0.15) is 6.17 Å². The number of likely N-dealkylation sites (N-methyl/N-ethyl adjacent to an activating group) is 1. The van der Waals surface area contributed by atoms with Gasteiger partial charge in [-0.15, -0.1) is 0 Å². The molecular weight excluding hydrogens is 407 g/mol. The third-order valence-electron chi connectivity index (χ3n) is 7.48. The van der Waals surface area contributed by atoms with Crippen molar-refractivity contribution in [1.82, 2.24) is 9.88 Å². The Kier molecular flexibility index (Phi) is 5.88. The SMILES string of the molecule is C=C(CC)C1=C(C)C2=C(c3cc(CC(C)F)c4ncccc4c3CC2C(C)(C)C)N(C)C1=C. The summed E-state index contributed by atoms with van der Waals surface area (Å²) in [7, 11) is 2.12. The van der Waals surface area contributed by atoms with Gasteiger partial charge in [0.25, 0.3) is 0 Å². The van der Waals surface area contributed by atoms with Crippen LogP contribution in [0.3, 0.4) is 0 Å². The zero-order valence-electron chi connectivity index (χ0n) is 21.3. The van der Waals surface area contributed by atoms with Crippen LogP contribution in [0.15, 0.2) is 65.5 Å². The molecule has 4 rings (SSSR count). The molecule has 0 N–H and O–H groups in total. The summed E-state index contributed by atoms with van der Waals surface area (Å²) in [6.07, 6.45) is 3.10. The molecule has 2 unspecified atom stereocenters. The maximum absolute atomic E-state index is 14.2. The summed E-state index contributed by atoms with van der Waals surface area (Å²) < 4.78 is 14.2. The topological polar surface area (TPSA) is 16.1 Å². The first-order valence-electron chi connectivity index (χ1n) is 12.1. The Labute approximate surface area is 198 Å². The predicted octanol–water partition coefficient (Wildman–Crippen LogP) is 7.81. The van der Waals surface area contributed by atoms with Crippen molar-refractivity contribution in [3.05, 3.63) is 82.2 Å². The third kappa shape index (κ3) is 3.76. The predicted molar refractivity (Wildman–Crippen MR) is 139 cm³/mol. The number of rotatable bonds is 4. The number of nitrogens with zero attached hydrogens (tertiary/aromatic N) is 2. The first-order valence-corrected chi connectivity index (χ1v) is 12.1. The van der Waals surface area contributed by atoms with Crippen LogP contribution in [-0.4, -0.2) is 23.1 Å². The van der Waals surface area contributed by atoms with Crippen molar-refractivity contribution in [3.8, 4) is 0 Å². The Morgan fingerprint density at radius 3 is 2.64 bits per heavy atom. The van der Waals surface area contributed by atoms with Crippen molar-refractivity contribution < 1.29 is 4.39 Å². The highest BCUT2D eigenvalue weighted by Crippen LogP contribution is 2.53. The minimum Gasteiger partial charge on any atom is -0.344 e. The summed E-state index contributed by atoms with van der Waals surface area (Å²) >= 11 is 0. The van der Waals surface area contributed by atoms with Crippen LogP contribution >= 0.6 is 0 Å². The number of hydrogen-bond donors (Lipinski definition) is 0. The molecule has 0 spiro atoms. The van der Waals surface area contributed by atoms with Crippen LogP contribution in [0, 0.1) is 11.3 Å². The van der Waals surface area contributed by atoms with E-state index in [2.05, 4.69) is 71.9 Å². The molecular formula is C30H37FN2. The molecule has 0 saturated carbocycles. The molecule has 1 aromatic heterocycles. The van der Waals surface area contributed by atoms with E-state index in [1.807, 2.05) is 12.3 Å². The lowest BCUT2D eigenvalue weighted by Gasteiger charge is -2.46. The molecule has 0 fully saturated rings. The third-order valence-corrected chi connectivity index (χ3v) is 7.48. The van der Waals surface area contributed by atoms with Gasteiger partial charge in [0.15, 0.2) is 0 Å². The molecule has 33 heavy (non-hydrogen) atoms. The normalized spacial score (nSPS) is 19.7. The molecule has 2 nitrogen and oxygen atoms in total. The van der Waals surface area contributed by atoms with Crippen LogP contribution in [-0.2, 0) is 12.8 Å². The fraction of sp³-hybridized carbons (Fsp3) is 0.433. The molecule has 0 amide bonds. The maximum Gasteiger partial charge on any atom is 0.101 e. The van der Waals surface area contributed by atoms with Crippen molar-refractivity contribution in [3.63, 3.8) is 0 Å². The van der Waals surface area contributed by atoms with E-state index in [0.717, 1.165) is 40.6 Å². The molecule has 174 valence electrons. The van der Waals surface area contributed by atoms with Gasteiger partial charge >= 0.3 is 0 Å². The minimum absolute atomic E-state index is 0.0678. The monoisotopic (exact) mass is 444 g/mol. The fourth-order valence-corrected chi connectivity index (χ4v) is 5.72. The number of fused-ring (bicyclic) bond motifs is 4. The largest absolute Gasteiger partial charge is 0.344 e. The van der Waals surface area contributed by atoms with Gasteiger partial charge in [-0.25, -0.2) is 4.39 Å². The lowest BCUT2D eigenvalue weighted by molar-refractivity contribution is 0.274. The molecule has 2 heterocycles. The van der Waals surface area contributed by atoms with E-state index in [1.165, 1.54) is 33.5 Å². The first-order chi connectivity index (χ1) is 15.5. The molecule has 2 atom stereocenters. The second kappa shape index (κ2) is 8.27. The summed E-state index contributed by atoms with van der Waals surface area (Å²) in [5.74, 6) is 0.338. The van der Waals surface area contributed by atoms with Crippen LogP contribution in [0.4, 0.5) is 4.39 Å². The molecule has 2 aromatic rings. The molecule has 3 heteroatoms. The van der Waals surface area contributed by atoms with Crippen molar-refractivity contribution in [2.24, 2.45) is 11.3 Å². The molecule has 0 radical (unpaired) electrons. The minimum atomic E-state index is -0.923. The number of allylic oxidation sites excluding steroid dienone is 3. The first kappa shape index (κ1) is 23.5. The van der Waals surface area contributed by atoms with E-state index in [-0.39, 0.29) is 5.41 Å². The summed E-state index contributed by atoms with van der Waals surface area (Å²) in [5.41, 5.74) is 11.7. The highest BCUT2D eigenvalue weighted by atomic mass is 19.1. The quantitative estimate of drug-likeness (QED) is 0.478. The van der Waals surface area contributed by atoms with Gasteiger partial charge in [-0.2, -0.15) is 0 Å². The standard InChI is InChI=1S/C30H37FN2/c1-10-17(2)26-19(4)27-25(30(6,7)8)16-23-22-12-11-13-32-28(22)21(14-18(3)31)15-24(23)29(27)33(9)20(26)5/h11-13,15,18,25H,2,5,10,14,16H2,1,3-4,6-9H3. The van der Waals surface area contributed by atoms with E-state index in [9.17, 15) is 4.39 Å². The van der Waals surface area contributed by atoms with Crippen LogP contribution in [0.2, 0.25) is 0 Å². The van der Waals surface area contributed by atoms with Crippen molar-refractivity contribution in [2.45, 2.75) is 67.0 Å². The molecule has 2 aliphatic rings. The van der Waals surface area contributed by atoms with Gasteiger partial charge in [0.05, 0.1) is 11.2 Å². The maximum atomic E-state index is 14.2. The summed E-state index contributed by atoms with van der Waals surface area (Å²) in [6, 6.07) is 6.36. The average molecular weight is 445 g/mol. The Morgan fingerprint density at radius 1 is 1.33 bits per heavy atom. The van der Waals surface area contributed by atoms with E-state index in [0.29, 0.717) is 12.3 Å². The smallest absolute Gasteiger partial charge is 0.101 e. The van der Waals surface area contributed by atoms with E-state index < -0.39 is 6.17 Å². The number of aromatic nitrogens is 1. The molecule has 0 saturated heterocycles. The van der Waals surface area contributed by atoms with Crippen LogP contribution in [0.5, 0.6) is 0 Å². The Bertz CT molecular complexity index is 1220. The van der Waals surface area contributed by atoms with Gasteiger partial charge in [-0.1, -0.05) is 46.9 Å². The van der Waals surface area contributed by atoms with Gasteiger partial charge < -0.3 is 4.90 Å². The summed E-state index contributed by atoms with van der Waals surface area (Å²) in [4.78, 5) is 6.94. The van der Waals surface area contributed by atoms with E-state index in [1.54, 1.807) is 6.92 Å². The van der Waals surface area contributed by atoms with E-state index in [4.69, 9.17) is 4.98 Å². The highest BCUT2D eigenvalue weighted by Gasteiger charge is 2.41. The second-order valence-electron chi connectivity index (χ2n) is 10.8. The lowest BCUT2D eigenvalue weighted by Crippen LogP contribution is -2.36. The highest BCUT2D eigenvalue weighted by molar-refractivity contribution is 5.93. The Morgan fingerprint density at radius 2 is 2.03 bits per heavy atom. The van der Waals surface area contributed by atoms with Crippen molar-refractivity contribution >= 4 is 16.6 Å². The van der Waals surface area contributed by atoms with Crippen LogP contribution in [0.1, 0.15) is 64.7 Å². The van der Waals surface area contributed by atoms with Gasteiger partial charge in [0.2, 0.25) is 0 Å². The number of hydrogen-bond acceptors (Lipinski definition) is 2. The lowest BCUT2D eigenvalue weighted by atomic mass is 9.64. The Hall–Kier alpha value is -2.68. The van der Waals surface area contributed by atoms with Gasteiger partial charge in [-0.05, 0) is 78.0 Å². The molecule has 1 aliphatic heterocycles. The summed E-state index contributed by atoms with van der Waals surface area (Å²) in [6.45, 7) is 21.9. The molecule has 1 aliphatic carbocycles. The molecule has 0 bridgehead atoms.